The second-order valence-corrected chi connectivity index (χ2v) is 12.3. The zero-order valence-corrected chi connectivity index (χ0v) is 21.7. The molecule has 196 valence electrons. The first-order valence-corrected chi connectivity index (χ1v) is 14.0. The van der Waals surface area contributed by atoms with E-state index >= 15 is 0 Å². The summed E-state index contributed by atoms with van der Waals surface area (Å²) in [5, 5.41) is 21.3. The molecule has 1 fully saturated rings. The van der Waals surface area contributed by atoms with Gasteiger partial charge < -0.3 is 26.0 Å². The first kappa shape index (κ1) is 25.3. The highest BCUT2D eigenvalue weighted by molar-refractivity contribution is 7.89. The highest BCUT2D eigenvalue weighted by Crippen LogP contribution is 2.28. The smallest absolute Gasteiger partial charge is 0.305 e. The molecule has 37 heavy (non-hydrogen) atoms. The highest BCUT2D eigenvalue weighted by atomic mass is 32.2. The minimum absolute atomic E-state index is 0.0158. The lowest BCUT2D eigenvalue weighted by Gasteiger charge is -2.39. The molecule has 1 amide bonds. The monoisotopic (exact) mass is 545 g/mol. The van der Waals surface area contributed by atoms with Crippen molar-refractivity contribution in [2.24, 2.45) is 5.73 Å². The van der Waals surface area contributed by atoms with E-state index in [0.717, 1.165) is 10.6 Å². The summed E-state index contributed by atoms with van der Waals surface area (Å²) in [6.45, 7) is 2.58. The number of carbonyl (C=O) groups excluding carboxylic acids is 1. The molecule has 0 radical (unpaired) electrons. The van der Waals surface area contributed by atoms with E-state index in [4.69, 9.17) is 11.1 Å². The molecule has 2 aromatic heterocycles. The Morgan fingerprint density at radius 1 is 1.30 bits per heavy atom. The number of amides is 1. The third-order valence-corrected chi connectivity index (χ3v) is 9.59. The number of hydrogen-bond acceptors (Lipinski definition) is 8. The zero-order chi connectivity index (χ0) is 26.5. The molecule has 2 aliphatic rings. The number of benzene rings is 1. The van der Waals surface area contributed by atoms with Crippen molar-refractivity contribution in [3.63, 3.8) is 0 Å². The average molecular weight is 546 g/mol. The van der Waals surface area contributed by atoms with E-state index in [-0.39, 0.29) is 42.4 Å². The maximum absolute atomic E-state index is 13.5. The van der Waals surface area contributed by atoms with E-state index in [2.05, 4.69) is 15.3 Å². The Morgan fingerprint density at radius 3 is 2.81 bits per heavy atom. The van der Waals surface area contributed by atoms with Crippen LogP contribution in [0.25, 0.3) is 10.9 Å². The third kappa shape index (κ3) is 4.84. The maximum atomic E-state index is 13.5. The number of carboxylic acid groups (broad SMARTS) is 1. The minimum Gasteiger partial charge on any atom is -0.481 e. The van der Waals surface area contributed by atoms with Gasteiger partial charge in [-0.25, -0.2) is 13.4 Å². The summed E-state index contributed by atoms with van der Waals surface area (Å²) in [6.07, 6.45) is 0.318. The van der Waals surface area contributed by atoms with Gasteiger partial charge in [0.2, 0.25) is 0 Å². The molecule has 6 N–H and O–H groups in total. The number of carboxylic acids is 1. The molecule has 12 nitrogen and oxygen atoms in total. The van der Waals surface area contributed by atoms with Crippen LogP contribution in [0.3, 0.4) is 0 Å². The lowest BCUT2D eigenvalue weighted by molar-refractivity contribution is -0.138. The number of nitrogen functional groups attached to an aromatic ring is 1. The lowest BCUT2D eigenvalue weighted by Crippen LogP contribution is -2.57. The standard InChI is InChI=1S/C23H27N7O5S2/c1-12-6-17-18(10-26-12)36-22(28-17)23(33)30-5-4-29(11-15(30)9-20(31)32)37(34,35)19-8-13-2-3-14(21(24)25)7-16(13)27-19/h2-3,7-8,12,15,26-27H,4-6,9-11H2,1H3,(H3,24,25)(H,31,32). The van der Waals surface area contributed by atoms with Crippen LogP contribution < -0.4 is 11.1 Å². The molecule has 2 aliphatic heterocycles. The van der Waals surface area contributed by atoms with Gasteiger partial charge in [0.15, 0.2) is 5.01 Å². The minimum atomic E-state index is -4.01. The number of hydrogen-bond donors (Lipinski definition) is 5. The molecule has 1 saturated heterocycles. The van der Waals surface area contributed by atoms with Crippen molar-refractivity contribution >= 4 is 50.0 Å². The molecule has 0 spiro atoms. The Morgan fingerprint density at radius 2 is 2.08 bits per heavy atom. The number of thiazole rings is 1. The van der Waals surface area contributed by atoms with Crippen molar-refractivity contribution < 1.29 is 23.1 Å². The number of aromatic nitrogens is 2. The van der Waals surface area contributed by atoms with Crippen molar-refractivity contribution in [1.29, 1.82) is 5.41 Å². The number of aliphatic carboxylic acids is 1. The third-order valence-electron chi connectivity index (χ3n) is 6.71. The van der Waals surface area contributed by atoms with Gasteiger partial charge in [0.1, 0.15) is 10.9 Å². The van der Waals surface area contributed by atoms with Gasteiger partial charge in [0, 0.05) is 60.0 Å². The van der Waals surface area contributed by atoms with E-state index < -0.39 is 28.5 Å². The number of aromatic amines is 1. The lowest BCUT2D eigenvalue weighted by atomic mass is 10.1. The molecule has 5 rings (SSSR count). The number of amidine groups is 1. The van der Waals surface area contributed by atoms with Gasteiger partial charge in [-0.3, -0.25) is 15.0 Å². The summed E-state index contributed by atoms with van der Waals surface area (Å²) in [6, 6.07) is 5.81. The second-order valence-electron chi connectivity index (χ2n) is 9.34. The summed E-state index contributed by atoms with van der Waals surface area (Å²) in [7, 11) is -4.01. The summed E-state index contributed by atoms with van der Waals surface area (Å²) >= 11 is 1.30. The van der Waals surface area contributed by atoms with E-state index in [9.17, 15) is 23.1 Å². The number of nitrogens with one attached hydrogen (secondary N) is 3. The molecule has 2 atom stereocenters. The van der Waals surface area contributed by atoms with Crippen LogP contribution in [-0.4, -0.2) is 82.1 Å². The Bertz CT molecular complexity index is 1510. The quantitative estimate of drug-likeness (QED) is 0.224. The summed E-state index contributed by atoms with van der Waals surface area (Å²) in [4.78, 5) is 34.9. The highest BCUT2D eigenvalue weighted by Gasteiger charge is 2.39. The Labute approximate surface area is 217 Å². The van der Waals surface area contributed by atoms with Gasteiger partial charge in [0.25, 0.3) is 15.9 Å². The van der Waals surface area contributed by atoms with Crippen LogP contribution in [0.15, 0.2) is 29.3 Å². The van der Waals surface area contributed by atoms with Gasteiger partial charge in [-0.2, -0.15) is 4.31 Å². The molecule has 1 aromatic carbocycles. The summed E-state index contributed by atoms with van der Waals surface area (Å²) < 4.78 is 28.2. The molecular weight excluding hydrogens is 518 g/mol. The Kier molecular flexibility index (Phi) is 6.52. The molecular formula is C23H27N7O5S2. The predicted octanol–water partition coefficient (Wildman–Crippen LogP) is 0.933. The van der Waals surface area contributed by atoms with Crippen molar-refractivity contribution in [3.05, 3.63) is 45.4 Å². The molecule has 2 unspecified atom stereocenters. The van der Waals surface area contributed by atoms with Crippen molar-refractivity contribution in [2.75, 3.05) is 19.6 Å². The number of sulfonamides is 1. The fraction of sp³-hybridized carbons (Fsp3) is 0.391. The van der Waals surface area contributed by atoms with E-state index in [1.165, 1.54) is 26.6 Å². The van der Waals surface area contributed by atoms with Crippen LogP contribution in [-0.2, 0) is 27.8 Å². The number of fused-ring (bicyclic) bond motifs is 2. The van der Waals surface area contributed by atoms with E-state index in [1.807, 2.05) is 6.92 Å². The molecule has 0 aliphatic carbocycles. The van der Waals surface area contributed by atoms with E-state index in [1.54, 1.807) is 18.2 Å². The van der Waals surface area contributed by atoms with Crippen LogP contribution in [0.5, 0.6) is 0 Å². The van der Waals surface area contributed by atoms with Crippen molar-refractivity contribution in [3.8, 4) is 0 Å². The summed E-state index contributed by atoms with van der Waals surface area (Å²) in [5.41, 5.74) is 7.39. The van der Waals surface area contributed by atoms with Crippen LogP contribution >= 0.6 is 11.3 Å². The normalized spacial score (nSPS) is 20.6. The van der Waals surface area contributed by atoms with Crippen LogP contribution in [0.4, 0.5) is 0 Å². The van der Waals surface area contributed by atoms with Crippen molar-refractivity contribution in [1.82, 2.24) is 24.5 Å². The Balaban J connectivity index is 1.39. The maximum Gasteiger partial charge on any atom is 0.305 e. The largest absolute Gasteiger partial charge is 0.481 e. The zero-order valence-electron chi connectivity index (χ0n) is 20.0. The van der Waals surface area contributed by atoms with Crippen LogP contribution in [0, 0.1) is 5.41 Å². The molecule has 0 bridgehead atoms. The van der Waals surface area contributed by atoms with Gasteiger partial charge >= 0.3 is 5.97 Å². The average Bonchev–Trinajstić information content (AvgIpc) is 3.47. The number of carbonyl (C=O) groups is 2. The van der Waals surface area contributed by atoms with Crippen LogP contribution in [0.2, 0.25) is 0 Å². The predicted molar refractivity (Wildman–Crippen MR) is 137 cm³/mol. The molecule has 4 heterocycles. The number of rotatable bonds is 6. The molecule has 14 heteroatoms. The fourth-order valence-electron chi connectivity index (χ4n) is 4.76. The molecule has 0 saturated carbocycles. The fourth-order valence-corrected chi connectivity index (χ4v) is 7.24. The van der Waals surface area contributed by atoms with Gasteiger partial charge in [0.05, 0.1) is 18.2 Å². The molecule has 3 aromatic rings. The van der Waals surface area contributed by atoms with Gasteiger partial charge in [-0.05, 0) is 19.1 Å². The topological polar surface area (TPSA) is 186 Å². The SMILES string of the molecule is CC1Cc2nc(C(=O)N3CCN(S(=O)(=O)c4cc5ccc(C(=N)N)cc5[nH]4)CC3CC(=O)O)sc2CN1. The Hall–Kier alpha value is -3.33. The number of nitrogens with zero attached hydrogens (tertiary/aromatic N) is 3. The van der Waals surface area contributed by atoms with E-state index in [0.29, 0.717) is 34.4 Å². The number of nitrogens with two attached hydrogens (primary N) is 1. The summed E-state index contributed by atoms with van der Waals surface area (Å²) in [5.74, 6) is -1.64. The number of piperazine rings is 1. The number of H-pyrrole nitrogens is 1. The van der Waals surface area contributed by atoms with Crippen LogP contribution in [0.1, 0.15) is 39.3 Å². The first-order chi connectivity index (χ1) is 17.5. The second kappa shape index (κ2) is 9.52. The van der Waals surface area contributed by atoms with Crippen molar-refractivity contribution in [2.45, 2.75) is 43.4 Å². The van der Waals surface area contributed by atoms with Gasteiger partial charge in [-0.15, -0.1) is 11.3 Å². The van der Waals surface area contributed by atoms with Gasteiger partial charge in [-0.1, -0.05) is 12.1 Å². The first-order valence-electron chi connectivity index (χ1n) is 11.7.